The summed E-state index contributed by atoms with van der Waals surface area (Å²) in [4.78, 5) is 11.5. The SMILES string of the molecule is CS(=O)CCCNC(=O)c1c(O)cccc1F. The van der Waals surface area contributed by atoms with Crippen LogP contribution in [0, 0.1) is 5.82 Å². The van der Waals surface area contributed by atoms with Crippen LogP contribution in [0.5, 0.6) is 5.75 Å². The van der Waals surface area contributed by atoms with Gasteiger partial charge in [-0.3, -0.25) is 9.00 Å². The molecule has 4 nitrogen and oxygen atoms in total. The van der Waals surface area contributed by atoms with Crippen molar-refractivity contribution in [1.82, 2.24) is 5.32 Å². The van der Waals surface area contributed by atoms with E-state index in [4.69, 9.17) is 0 Å². The maximum absolute atomic E-state index is 13.3. The molecule has 0 aliphatic heterocycles. The zero-order valence-corrected chi connectivity index (χ0v) is 10.2. The van der Waals surface area contributed by atoms with Crippen LogP contribution >= 0.6 is 0 Å². The van der Waals surface area contributed by atoms with E-state index >= 15 is 0 Å². The molecule has 1 rings (SSSR count). The molecule has 1 aromatic rings. The van der Waals surface area contributed by atoms with E-state index in [1.165, 1.54) is 12.1 Å². The van der Waals surface area contributed by atoms with Gasteiger partial charge in [-0.1, -0.05) is 6.07 Å². The molecule has 0 bridgehead atoms. The van der Waals surface area contributed by atoms with Gasteiger partial charge in [-0.15, -0.1) is 0 Å². The standard InChI is InChI=1S/C11H14FNO3S/c1-17(16)7-3-6-13-11(15)10-8(12)4-2-5-9(10)14/h2,4-5,14H,3,6-7H2,1H3,(H,13,15). The number of carbonyl (C=O) groups excluding carboxylic acids is 1. The largest absolute Gasteiger partial charge is 0.507 e. The Morgan fingerprint density at radius 3 is 2.82 bits per heavy atom. The second kappa shape index (κ2) is 6.34. The van der Waals surface area contributed by atoms with Crippen molar-refractivity contribution in [2.24, 2.45) is 0 Å². The molecule has 1 unspecified atom stereocenters. The first kappa shape index (κ1) is 13.6. The molecule has 1 aromatic carbocycles. The summed E-state index contributed by atoms with van der Waals surface area (Å²) in [6.07, 6.45) is 2.12. The topological polar surface area (TPSA) is 66.4 Å². The second-order valence-corrected chi connectivity index (χ2v) is 5.08. The van der Waals surface area contributed by atoms with Crippen molar-refractivity contribution in [1.29, 1.82) is 0 Å². The number of carbonyl (C=O) groups is 1. The Morgan fingerprint density at radius 2 is 2.24 bits per heavy atom. The van der Waals surface area contributed by atoms with Gasteiger partial charge in [0.05, 0.1) is 0 Å². The summed E-state index contributed by atoms with van der Waals surface area (Å²) in [6.45, 7) is 0.298. The molecule has 0 fully saturated rings. The first-order valence-corrected chi connectivity index (χ1v) is 6.81. The zero-order chi connectivity index (χ0) is 12.8. The molecular weight excluding hydrogens is 245 g/mol. The Labute approximate surface area is 101 Å². The average Bonchev–Trinajstić information content (AvgIpc) is 2.24. The van der Waals surface area contributed by atoms with Crippen LogP contribution in [-0.4, -0.2) is 33.8 Å². The number of benzene rings is 1. The summed E-state index contributed by atoms with van der Waals surface area (Å²) in [5, 5.41) is 11.8. The summed E-state index contributed by atoms with van der Waals surface area (Å²) in [6, 6.07) is 3.68. The Balaban J connectivity index is 2.55. The molecule has 6 heteroatoms. The minimum Gasteiger partial charge on any atom is -0.507 e. The lowest BCUT2D eigenvalue weighted by atomic mass is 10.1. The number of aromatic hydroxyl groups is 1. The van der Waals surface area contributed by atoms with Gasteiger partial charge in [0, 0.05) is 29.4 Å². The molecule has 17 heavy (non-hydrogen) atoms. The Kier molecular flexibility index (Phi) is 5.09. The third kappa shape index (κ3) is 4.14. The number of hydrogen-bond acceptors (Lipinski definition) is 3. The van der Waals surface area contributed by atoms with Crippen LogP contribution in [-0.2, 0) is 10.8 Å². The molecular formula is C11H14FNO3S. The monoisotopic (exact) mass is 259 g/mol. The Bertz CT molecular complexity index is 416. The summed E-state index contributed by atoms with van der Waals surface area (Å²) in [5.74, 6) is -1.34. The van der Waals surface area contributed by atoms with Gasteiger partial charge in [-0.2, -0.15) is 0 Å². The molecule has 1 amide bonds. The maximum atomic E-state index is 13.3. The predicted octanol–water partition coefficient (Wildman–Crippen LogP) is 1.03. The van der Waals surface area contributed by atoms with E-state index in [9.17, 15) is 18.5 Å². The third-order valence-corrected chi connectivity index (χ3v) is 2.98. The van der Waals surface area contributed by atoms with E-state index in [0.717, 1.165) is 6.07 Å². The van der Waals surface area contributed by atoms with Gasteiger partial charge >= 0.3 is 0 Å². The maximum Gasteiger partial charge on any atom is 0.258 e. The van der Waals surface area contributed by atoms with Crippen LogP contribution in [0.15, 0.2) is 18.2 Å². The van der Waals surface area contributed by atoms with E-state index in [1.807, 2.05) is 0 Å². The molecule has 0 aliphatic rings. The molecule has 0 saturated carbocycles. The van der Waals surface area contributed by atoms with Crippen LogP contribution in [0.4, 0.5) is 4.39 Å². The minimum absolute atomic E-state index is 0.298. The third-order valence-electron chi connectivity index (χ3n) is 2.11. The predicted molar refractivity (Wildman–Crippen MR) is 63.9 cm³/mol. The molecule has 0 spiro atoms. The van der Waals surface area contributed by atoms with Crippen molar-refractivity contribution >= 4 is 16.7 Å². The Morgan fingerprint density at radius 1 is 1.53 bits per heavy atom. The highest BCUT2D eigenvalue weighted by Crippen LogP contribution is 2.19. The van der Waals surface area contributed by atoms with E-state index in [2.05, 4.69) is 5.32 Å². The van der Waals surface area contributed by atoms with Gasteiger partial charge < -0.3 is 10.4 Å². The van der Waals surface area contributed by atoms with Crippen molar-refractivity contribution in [2.75, 3.05) is 18.6 Å². The molecule has 1 atom stereocenters. The van der Waals surface area contributed by atoms with Gasteiger partial charge in [-0.05, 0) is 18.6 Å². The first-order chi connectivity index (χ1) is 8.02. The van der Waals surface area contributed by atoms with Crippen LogP contribution in [0.1, 0.15) is 16.8 Å². The zero-order valence-electron chi connectivity index (χ0n) is 9.40. The van der Waals surface area contributed by atoms with Gasteiger partial charge in [-0.25, -0.2) is 4.39 Å². The van der Waals surface area contributed by atoms with Crippen LogP contribution in [0.25, 0.3) is 0 Å². The van der Waals surface area contributed by atoms with Gasteiger partial charge in [0.1, 0.15) is 17.1 Å². The highest BCUT2D eigenvalue weighted by Gasteiger charge is 2.15. The van der Waals surface area contributed by atoms with E-state index in [1.54, 1.807) is 6.26 Å². The van der Waals surface area contributed by atoms with Crippen molar-refractivity contribution in [3.05, 3.63) is 29.6 Å². The quantitative estimate of drug-likeness (QED) is 0.776. The van der Waals surface area contributed by atoms with Gasteiger partial charge in [0.2, 0.25) is 0 Å². The van der Waals surface area contributed by atoms with E-state index in [-0.39, 0.29) is 11.3 Å². The summed E-state index contributed by atoms with van der Waals surface area (Å²) in [7, 11) is -0.908. The summed E-state index contributed by atoms with van der Waals surface area (Å²) in [5.41, 5.74) is -0.356. The van der Waals surface area contributed by atoms with Crippen LogP contribution < -0.4 is 5.32 Å². The lowest BCUT2D eigenvalue weighted by Gasteiger charge is -2.07. The number of phenolic OH excluding ortho intramolecular Hbond substituents is 1. The lowest BCUT2D eigenvalue weighted by Crippen LogP contribution is -2.26. The summed E-state index contributed by atoms with van der Waals surface area (Å²) < 4.78 is 24.0. The number of phenols is 1. The first-order valence-electron chi connectivity index (χ1n) is 5.08. The van der Waals surface area contributed by atoms with Crippen LogP contribution in [0.3, 0.4) is 0 Å². The van der Waals surface area contributed by atoms with Crippen molar-refractivity contribution < 1.29 is 18.5 Å². The Hall–Kier alpha value is -1.43. The molecule has 94 valence electrons. The molecule has 0 saturated heterocycles. The van der Waals surface area contributed by atoms with Crippen molar-refractivity contribution in [3.63, 3.8) is 0 Å². The molecule has 0 heterocycles. The molecule has 2 N–H and O–H groups in total. The highest BCUT2D eigenvalue weighted by atomic mass is 32.2. The number of halogens is 1. The molecule has 0 radical (unpaired) electrons. The van der Waals surface area contributed by atoms with Crippen molar-refractivity contribution in [2.45, 2.75) is 6.42 Å². The lowest BCUT2D eigenvalue weighted by molar-refractivity contribution is 0.0947. The number of rotatable bonds is 5. The van der Waals surface area contributed by atoms with E-state index < -0.39 is 22.5 Å². The van der Waals surface area contributed by atoms with Crippen LogP contribution in [0.2, 0.25) is 0 Å². The minimum atomic E-state index is -0.908. The molecule has 0 aromatic heterocycles. The second-order valence-electron chi connectivity index (χ2n) is 3.52. The van der Waals surface area contributed by atoms with Gasteiger partial charge in [0.15, 0.2) is 0 Å². The fourth-order valence-corrected chi connectivity index (χ4v) is 1.85. The smallest absolute Gasteiger partial charge is 0.258 e. The number of hydrogen-bond donors (Lipinski definition) is 2. The van der Waals surface area contributed by atoms with Crippen molar-refractivity contribution in [3.8, 4) is 5.75 Å². The average molecular weight is 259 g/mol. The van der Waals surface area contributed by atoms with E-state index in [0.29, 0.717) is 18.7 Å². The fourth-order valence-electron chi connectivity index (χ4n) is 1.30. The fraction of sp³-hybridized carbons (Fsp3) is 0.364. The summed E-state index contributed by atoms with van der Waals surface area (Å²) >= 11 is 0. The highest BCUT2D eigenvalue weighted by molar-refractivity contribution is 7.84. The van der Waals surface area contributed by atoms with Gasteiger partial charge in [0.25, 0.3) is 5.91 Å². The number of amides is 1. The number of nitrogens with one attached hydrogen (secondary N) is 1. The molecule has 0 aliphatic carbocycles. The normalized spacial score (nSPS) is 12.1.